The topological polar surface area (TPSA) is 74.8 Å². The predicted molar refractivity (Wildman–Crippen MR) is 83.8 cm³/mol. The molecule has 1 atom stereocenters. The third-order valence-electron chi connectivity index (χ3n) is 3.87. The maximum absolute atomic E-state index is 12.6. The van der Waals surface area contributed by atoms with Gasteiger partial charge in [0, 0.05) is 13.0 Å². The van der Waals surface area contributed by atoms with Crippen LogP contribution in [0.1, 0.15) is 19.8 Å². The number of imide groups is 2. The van der Waals surface area contributed by atoms with Crippen LogP contribution in [0.5, 0.6) is 0 Å². The lowest BCUT2D eigenvalue weighted by atomic mass is 10.0. The van der Waals surface area contributed by atoms with Crippen LogP contribution < -0.4 is 0 Å². The van der Waals surface area contributed by atoms with Crippen molar-refractivity contribution in [1.82, 2.24) is 9.80 Å². The van der Waals surface area contributed by atoms with Crippen molar-refractivity contribution in [3.05, 3.63) is 48.6 Å². The molecule has 2 aliphatic rings. The molecule has 0 aromatic carbocycles. The summed E-state index contributed by atoms with van der Waals surface area (Å²) in [6.45, 7) is 8.97. The van der Waals surface area contributed by atoms with Gasteiger partial charge in [-0.05, 0) is 25.5 Å². The minimum absolute atomic E-state index is 0.127. The van der Waals surface area contributed by atoms with Crippen molar-refractivity contribution < 1.29 is 19.2 Å². The summed E-state index contributed by atoms with van der Waals surface area (Å²) in [5.41, 5.74) is 0.357. The van der Waals surface area contributed by atoms with Crippen LogP contribution in [0.15, 0.2) is 48.6 Å². The highest BCUT2D eigenvalue weighted by Gasteiger charge is 2.47. The Hall–Kier alpha value is -2.76. The molecule has 2 aliphatic heterocycles. The summed E-state index contributed by atoms with van der Waals surface area (Å²) in [5.74, 6) is -1.89. The minimum atomic E-state index is -0.948. The Bertz CT molecular complexity index is 636. The van der Waals surface area contributed by atoms with Gasteiger partial charge < -0.3 is 0 Å². The van der Waals surface area contributed by atoms with E-state index in [0.717, 1.165) is 9.80 Å². The highest BCUT2D eigenvalue weighted by molar-refractivity contribution is 6.26. The van der Waals surface area contributed by atoms with Crippen LogP contribution in [-0.4, -0.2) is 46.0 Å². The van der Waals surface area contributed by atoms with Crippen LogP contribution in [0, 0.1) is 0 Å². The van der Waals surface area contributed by atoms with E-state index >= 15 is 0 Å². The molecular formula is C17H18N2O4. The fourth-order valence-corrected chi connectivity index (χ4v) is 2.82. The number of carbonyl (C=O) groups excluding carboxylic acids is 4. The lowest BCUT2D eigenvalue weighted by molar-refractivity contribution is -0.158. The SMILES string of the molecule is C=C/C=C1/C(=O)N(C2CCC(=O)N(CC)C2=O)C(=O)/C1=C/C=C. The highest BCUT2D eigenvalue weighted by Crippen LogP contribution is 2.30. The van der Waals surface area contributed by atoms with Crippen molar-refractivity contribution in [3.8, 4) is 0 Å². The number of likely N-dealkylation sites (tertiary alicyclic amines) is 2. The molecule has 2 rings (SSSR count). The van der Waals surface area contributed by atoms with Crippen LogP contribution in [0.25, 0.3) is 0 Å². The summed E-state index contributed by atoms with van der Waals surface area (Å²) < 4.78 is 0. The standard InChI is InChI=1S/C17H18N2O4/c1-4-7-11-12(8-5-2)16(22)19(15(11)21)13-9-10-14(20)18(6-3)17(13)23/h4-5,7-8,13H,1-2,6,9-10H2,3H3/b11-7+,12-8+. The van der Waals surface area contributed by atoms with Crippen molar-refractivity contribution >= 4 is 23.6 Å². The lowest BCUT2D eigenvalue weighted by Gasteiger charge is -2.33. The smallest absolute Gasteiger partial charge is 0.262 e. The number of carbonyl (C=O) groups is 4. The molecule has 0 spiro atoms. The Balaban J connectivity index is 2.43. The number of hydrogen-bond donors (Lipinski definition) is 0. The zero-order chi connectivity index (χ0) is 17.1. The van der Waals surface area contributed by atoms with E-state index in [9.17, 15) is 19.2 Å². The van der Waals surface area contributed by atoms with Gasteiger partial charge in [0.1, 0.15) is 6.04 Å². The summed E-state index contributed by atoms with van der Waals surface area (Å²) in [4.78, 5) is 51.4. The Morgan fingerprint density at radius 3 is 2.00 bits per heavy atom. The van der Waals surface area contributed by atoms with Crippen molar-refractivity contribution in [2.24, 2.45) is 0 Å². The fraction of sp³-hybridized carbons (Fsp3) is 0.294. The first-order chi connectivity index (χ1) is 11.0. The lowest BCUT2D eigenvalue weighted by Crippen LogP contribution is -2.55. The number of rotatable bonds is 4. The van der Waals surface area contributed by atoms with Crippen molar-refractivity contribution in [2.45, 2.75) is 25.8 Å². The molecule has 23 heavy (non-hydrogen) atoms. The number of piperidine rings is 1. The second-order valence-corrected chi connectivity index (χ2v) is 5.14. The number of hydrogen-bond acceptors (Lipinski definition) is 4. The van der Waals surface area contributed by atoms with Crippen LogP contribution in [0.4, 0.5) is 0 Å². The molecule has 2 saturated heterocycles. The molecule has 0 radical (unpaired) electrons. The predicted octanol–water partition coefficient (Wildman–Crippen LogP) is 1.12. The normalized spacial score (nSPS) is 25.7. The molecule has 2 fully saturated rings. The van der Waals surface area contributed by atoms with Gasteiger partial charge in [-0.3, -0.25) is 29.0 Å². The quantitative estimate of drug-likeness (QED) is 0.575. The first-order valence-electron chi connectivity index (χ1n) is 7.35. The van der Waals surface area contributed by atoms with Crippen LogP contribution in [0.3, 0.4) is 0 Å². The van der Waals surface area contributed by atoms with E-state index in [2.05, 4.69) is 13.2 Å². The average molecular weight is 314 g/mol. The maximum atomic E-state index is 12.6. The van der Waals surface area contributed by atoms with Crippen LogP contribution >= 0.6 is 0 Å². The number of amides is 4. The maximum Gasteiger partial charge on any atom is 0.262 e. The van der Waals surface area contributed by atoms with Crippen molar-refractivity contribution in [3.63, 3.8) is 0 Å². The van der Waals surface area contributed by atoms with E-state index < -0.39 is 23.8 Å². The van der Waals surface area contributed by atoms with Gasteiger partial charge in [0.2, 0.25) is 5.91 Å². The average Bonchev–Trinajstić information content (AvgIpc) is 2.74. The highest BCUT2D eigenvalue weighted by atomic mass is 16.2. The fourth-order valence-electron chi connectivity index (χ4n) is 2.82. The van der Waals surface area contributed by atoms with Gasteiger partial charge in [-0.1, -0.05) is 25.3 Å². The summed E-state index contributed by atoms with van der Waals surface area (Å²) in [7, 11) is 0. The molecule has 0 aromatic rings. The monoisotopic (exact) mass is 314 g/mol. The van der Waals surface area contributed by atoms with E-state index in [1.807, 2.05) is 0 Å². The molecule has 2 heterocycles. The molecule has 6 nitrogen and oxygen atoms in total. The zero-order valence-corrected chi connectivity index (χ0v) is 12.9. The largest absolute Gasteiger partial charge is 0.281 e. The minimum Gasteiger partial charge on any atom is -0.281 e. The van der Waals surface area contributed by atoms with E-state index in [-0.39, 0.29) is 36.4 Å². The van der Waals surface area contributed by atoms with Crippen molar-refractivity contribution in [2.75, 3.05) is 6.54 Å². The first kappa shape index (κ1) is 16.6. The van der Waals surface area contributed by atoms with Gasteiger partial charge in [0.25, 0.3) is 17.7 Å². The van der Waals surface area contributed by atoms with Gasteiger partial charge in [-0.15, -0.1) is 0 Å². The van der Waals surface area contributed by atoms with Crippen LogP contribution in [0.2, 0.25) is 0 Å². The van der Waals surface area contributed by atoms with E-state index in [0.29, 0.717) is 0 Å². The third kappa shape index (κ3) is 2.67. The number of allylic oxidation sites excluding steroid dienone is 4. The number of likely N-dealkylation sites (N-methyl/N-ethyl adjacent to an activating group) is 1. The van der Waals surface area contributed by atoms with Gasteiger partial charge in [-0.25, -0.2) is 0 Å². The third-order valence-corrected chi connectivity index (χ3v) is 3.87. The van der Waals surface area contributed by atoms with Gasteiger partial charge >= 0.3 is 0 Å². The molecule has 0 aromatic heterocycles. The zero-order valence-electron chi connectivity index (χ0n) is 12.9. The van der Waals surface area contributed by atoms with Crippen molar-refractivity contribution in [1.29, 1.82) is 0 Å². The van der Waals surface area contributed by atoms with E-state index in [1.54, 1.807) is 6.92 Å². The molecule has 0 saturated carbocycles. The van der Waals surface area contributed by atoms with E-state index in [1.165, 1.54) is 24.3 Å². The summed E-state index contributed by atoms with van der Waals surface area (Å²) in [5, 5.41) is 0. The second kappa shape index (κ2) is 6.56. The van der Waals surface area contributed by atoms with Gasteiger partial charge in [0.15, 0.2) is 0 Å². The van der Waals surface area contributed by atoms with Gasteiger partial charge in [-0.2, -0.15) is 0 Å². The summed E-state index contributed by atoms with van der Waals surface area (Å²) in [6.07, 6.45) is 5.96. The summed E-state index contributed by atoms with van der Waals surface area (Å²) in [6, 6.07) is -0.948. The molecule has 6 heteroatoms. The summed E-state index contributed by atoms with van der Waals surface area (Å²) >= 11 is 0. The molecule has 0 N–H and O–H groups in total. The second-order valence-electron chi connectivity index (χ2n) is 5.14. The Labute approximate surface area is 134 Å². The van der Waals surface area contributed by atoms with Crippen LogP contribution in [-0.2, 0) is 19.2 Å². The Morgan fingerprint density at radius 1 is 1.04 bits per heavy atom. The Kier molecular flexibility index (Phi) is 4.74. The molecule has 0 bridgehead atoms. The molecule has 0 aliphatic carbocycles. The number of nitrogens with zero attached hydrogens (tertiary/aromatic N) is 2. The first-order valence-corrected chi connectivity index (χ1v) is 7.35. The molecule has 120 valence electrons. The Morgan fingerprint density at radius 2 is 1.57 bits per heavy atom. The molecule has 1 unspecified atom stereocenters. The van der Waals surface area contributed by atoms with E-state index in [4.69, 9.17) is 0 Å². The molecular weight excluding hydrogens is 296 g/mol. The van der Waals surface area contributed by atoms with Gasteiger partial charge in [0.05, 0.1) is 11.1 Å². The molecule has 4 amide bonds.